The lowest BCUT2D eigenvalue weighted by atomic mass is 10.2. The van der Waals surface area contributed by atoms with Gasteiger partial charge in [-0.2, -0.15) is 4.31 Å². The molecule has 12 heteroatoms. The van der Waals surface area contributed by atoms with Crippen molar-refractivity contribution in [2.75, 3.05) is 25.0 Å². The van der Waals surface area contributed by atoms with Crippen LogP contribution in [0, 0.1) is 0 Å². The van der Waals surface area contributed by atoms with E-state index in [1.54, 1.807) is 13.8 Å². The molecular weight excluding hydrogens is 466 g/mol. The Balaban J connectivity index is 1.84. The maximum Gasteiger partial charge on any atom is 0.269 e. The van der Waals surface area contributed by atoms with Crippen LogP contribution in [-0.2, 0) is 24.8 Å². The summed E-state index contributed by atoms with van der Waals surface area (Å²) in [5, 5.41) is 2.46. The molecule has 1 aliphatic rings. The third-order valence-electron chi connectivity index (χ3n) is 4.75. The Morgan fingerprint density at radius 2 is 1.77 bits per heavy atom. The Kier molecular flexibility index (Phi) is 6.42. The van der Waals surface area contributed by atoms with Crippen LogP contribution in [-0.4, -0.2) is 56.9 Å². The second kappa shape index (κ2) is 8.58. The predicted octanol–water partition coefficient (Wildman–Crippen LogP) is 2.15. The van der Waals surface area contributed by atoms with Crippen molar-refractivity contribution in [3.63, 3.8) is 0 Å². The molecule has 0 radical (unpaired) electrons. The number of nitrogens with one attached hydrogen (secondary N) is 1. The van der Waals surface area contributed by atoms with Crippen LogP contribution in [0.2, 0.25) is 5.02 Å². The summed E-state index contributed by atoms with van der Waals surface area (Å²) in [4.78, 5) is 24.7. The highest BCUT2D eigenvalue weighted by Crippen LogP contribution is 2.30. The van der Waals surface area contributed by atoms with E-state index in [2.05, 4.69) is 5.32 Å². The first-order chi connectivity index (χ1) is 14.5. The van der Waals surface area contributed by atoms with E-state index < -0.39 is 38.4 Å². The second-order valence-electron chi connectivity index (χ2n) is 6.59. The van der Waals surface area contributed by atoms with Crippen molar-refractivity contribution in [1.29, 1.82) is 0 Å². The first kappa shape index (κ1) is 23.2. The van der Waals surface area contributed by atoms with E-state index in [1.165, 1.54) is 46.8 Å². The van der Waals surface area contributed by atoms with Crippen LogP contribution in [0.25, 0.3) is 0 Å². The van der Waals surface area contributed by atoms with Crippen molar-refractivity contribution in [3.8, 4) is 0 Å². The molecule has 0 unspecified atom stereocenters. The van der Waals surface area contributed by atoms with Gasteiger partial charge in [0.1, 0.15) is 11.4 Å². The van der Waals surface area contributed by atoms with Gasteiger partial charge in [-0.05, 0) is 30.3 Å². The number of carbonyl (C=O) groups is 2. The number of sulfonamides is 2. The van der Waals surface area contributed by atoms with Gasteiger partial charge in [0.05, 0.1) is 21.2 Å². The Labute approximate surface area is 185 Å². The molecule has 1 N–H and O–H groups in total. The highest BCUT2D eigenvalue weighted by atomic mass is 35.5. The number of nitrogens with zero attached hydrogens (tertiary/aromatic N) is 2. The Morgan fingerprint density at radius 3 is 2.39 bits per heavy atom. The van der Waals surface area contributed by atoms with Gasteiger partial charge in [0.25, 0.3) is 15.9 Å². The van der Waals surface area contributed by atoms with Gasteiger partial charge in [0.2, 0.25) is 15.9 Å². The van der Waals surface area contributed by atoms with Gasteiger partial charge in [-0.25, -0.2) is 21.1 Å². The summed E-state index contributed by atoms with van der Waals surface area (Å²) in [6.45, 7) is 3.15. The summed E-state index contributed by atoms with van der Waals surface area (Å²) >= 11 is 6.09. The quantitative estimate of drug-likeness (QED) is 0.641. The van der Waals surface area contributed by atoms with Gasteiger partial charge in [-0.15, -0.1) is 0 Å². The monoisotopic (exact) mass is 485 g/mol. The van der Waals surface area contributed by atoms with Gasteiger partial charge in [0.15, 0.2) is 0 Å². The van der Waals surface area contributed by atoms with Crippen molar-refractivity contribution in [1.82, 2.24) is 8.61 Å². The van der Waals surface area contributed by atoms with E-state index in [9.17, 15) is 26.4 Å². The number of amides is 2. The molecule has 2 amide bonds. The summed E-state index contributed by atoms with van der Waals surface area (Å²) in [5.74, 6) is -1.65. The van der Waals surface area contributed by atoms with E-state index in [0.29, 0.717) is 4.31 Å². The Hall–Kier alpha value is -2.47. The number of anilines is 1. The molecule has 0 fully saturated rings. The number of rotatable bonds is 7. The summed E-state index contributed by atoms with van der Waals surface area (Å²) in [6, 6.07) is 9.50. The molecule has 0 bridgehead atoms. The molecule has 2 aromatic rings. The topological polar surface area (TPSA) is 121 Å². The molecular formula is C19H20ClN3O6S2. The largest absolute Gasteiger partial charge is 0.323 e. The molecule has 166 valence electrons. The molecule has 3 rings (SSSR count). The molecule has 0 aliphatic carbocycles. The van der Waals surface area contributed by atoms with Crippen LogP contribution in [0.3, 0.4) is 0 Å². The van der Waals surface area contributed by atoms with Gasteiger partial charge < -0.3 is 5.32 Å². The maximum absolute atomic E-state index is 12.7. The number of fused-ring (bicyclic) bond motifs is 1. The fraction of sp³-hybridized carbons (Fsp3) is 0.263. The van der Waals surface area contributed by atoms with Gasteiger partial charge in [0, 0.05) is 13.1 Å². The fourth-order valence-corrected chi connectivity index (χ4v) is 6.36. The highest BCUT2D eigenvalue weighted by molar-refractivity contribution is 7.90. The SMILES string of the molecule is CCN(CC)S(=O)(=O)c1ccc(Cl)c(NC(=O)CN2C(=O)c3ccccc3S2(=O)=O)c1. The maximum atomic E-state index is 12.7. The molecule has 1 heterocycles. The van der Waals surface area contributed by atoms with Gasteiger partial charge >= 0.3 is 0 Å². The zero-order valence-corrected chi connectivity index (χ0v) is 19.1. The highest BCUT2D eigenvalue weighted by Gasteiger charge is 2.41. The lowest BCUT2D eigenvalue weighted by Crippen LogP contribution is -2.37. The van der Waals surface area contributed by atoms with Crippen LogP contribution in [0.4, 0.5) is 5.69 Å². The van der Waals surface area contributed by atoms with Gasteiger partial charge in [-0.3, -0.25) is 9.59 Å². The number of halogens is 1. The van der Waals surface area contributed by atoms with Crippen LogP contribution in [0.1, 0.15) is 24.2 Å². The molecule has 0 saturated carbocycles. The number of benzene rings is 2. The van der Waals surface area contributed by atoms with Gasteiger partial charge in [-0.1, -0.05) is 37.6 Å². The summed E-state index contributed by atoms with van der Waals surface area (Å²) in [7, 11) is -7.95. The van der Waals surface area contributed by atoms with Crippen LogP contribution >= 0.6 is 11.6 Å². The first-order valence-electron chi connectivity index (χ1n) is 9.29. The number of hydrogen-bond acceptors (Lipinski definition) is 6. The Bertz CT molecular complexity index is 1260. The standard InChI is InChI=1S/C19H20ClN3O6S2/c1-3-22(4-2)30(26,27)13-9-10-15(20)16(11-13)21-18(24)12-23-19(25)14-7-5-6-8-17(14)31(23,28)29/h5-11H,3-4,12H2,1-2H3,(H,21,24). The van der Waals surface area contributed by atoms with Crippen molar-refractivity contribution in [2.24, 2.45) is 0 Å². The average Bonchev–Trinajstić information content (AvgIpc) is 2.91. The number of carbonyl (C=O) groups excluding carboxylic acids is 2. The minimum atomic E-state index is -4.16. The lowest BCUT2D eigenvalue weighted by molar-refractivity contribution is -0.116. The smallest absolute Gasteiger partial charge is 0.269 e. The van der Waals surface area contributed by atoms with E-state index in [1.807, 2.05) is 0 Å². The second-order valence-corrected chi connectivity index (χ2v) is 10.8. The summed E-state index contributed by atoms with van der Waals surface area (Å²) in [5.41, 5.74) is -0.0258. The van der Waals surface area contributed by atoms with Crippen LogP contribution < -0.4 is 5.32 Å². The summed E-state index contributed by atoms with van der Waals surface area (Å²) in [6.07, 6.45) is 0. The van der Waals surface area contributed by atoms with E-state index in [0.717, 1.165) is 0 Å². The minimum absolute atomic E-state index is 0.0125. The third-order valence-corrected chi connectivity index (χ3v) is 8.92. The molecule has 0 saturated heterocycles. The van der Waals surface area contributed by atoms with E-state index in [-0.39, 0.29) is 39.2 Å². The molecule has 0 aromatic heterocycles. The molecule has 0 spiro atoms. The normalized spacial score (nSPS) is 15.2. The van der Waals surface area contributed by atoms with Crippen LogP contribution in [0.15, 0.2) is 52.3 Å². The van der Waals surface area contributed by atoms with Crippen molar-refractivity contribution < 1.29 is 26.4 Å². The fourth-order valence-electron chi connectivity index (χ4n) is 3.18. The predicted molar refractivity (Wildman–Crippen MR) is 115 cm³/mol. The molecule has 0 atom stereocenters. The number of hydrogen-bond donors (Lipinski definition) is 1. The first-order valence-corrected chi connectivity index (χ1v) is 12.6. The van der Waals surface area contributed by atoms with Crippen LogP contribution in [0.5, 0.6) is 0 Å². The third kappa shape index (κ3) is 4.18. The zero-order valence-electron chi connectivity index (χ0n) is 16.7. The lowest BCUT2D eigenvalue weighted by Gasteiger charge is -2.19. The van der Waals surface area contributed by atoms with Crippen molar-refractivity contribution in [2.45, 2.75) is 23.6 Å². The molecule has 9 nitrogen and oxygen atoms in total. The minimum Gasteiger partial charge on any atom is -0.323 e. The summed E-state index contributed by atoms with van der Waals surface area (Å²) < 4.78 is 52.3. The van der Waals surface area contributed by atoms with Crippen molar-refractivity contribution >= 4 is 49.1 Å². The molecule has 31 heavy (non-hydrogen) atoms. The average molecular weight is 486 g/mol. The van der Waals surface area contributed by atoms with E-state index in [4.69, 9.17) is 11.6 Å². The Morgan fingerprint density at radius 1 is 1.13 bits per heavy atom. The van der Waals surface area contributed by atoms with E-state index >= 15 is 0 Å². The van der Waals surface area contributed by atoms with Crippen molar-refractivity contribution in [3.05, 3.63) is 53.1 Å². The zero-order chi connectivity index (χ0) is 23.0. The molecule has 2 aromatic carbocycles. The molecule has 1 aliphatic heterocycles.